The maximum absolute atomic E-state index is 5.62. The fraction of sp³-hybridized carbons (Fsp3) is 0.500. The van der Waals surface area contributed by atoms with Crippen molar-refractivity contribution < 1.29 is 4.74 Å². The number of ether oxygens (including phenoxy) is 1. The number of benzene rings is 1. The Balaban J connectivity index is 1.34. The molecule has 0 aliphatic heterocycles. The number of aromatic amines is 1. The van der Waals surface area contributed by atoms with Gasteiger partial charge in [-0.25, -0.2) is 9.50 Å². The van der Waals surface area contributed by atoms with E-state index in [1.54, 1.807) is 18.0 Å². The minimum atomic E-state index is 0.385. The van der Waals surface area contributed by atoms with Gasteiger partial charge >= 0.3 is 0 Å². The van der Waals surface area contributed by atoms with Gasteiger partial charge in [0.2, 0.25) is 0 Å². The molecule has 2 fully saturated rings. The zero-order valence-electron chi connectivity index (χ0n) is 20.7. The predicted molar refractivity (Wildman–Crippen MR) is 137 cm³/mol. The highest BCUT2D eigenvalue weighted by Gasteiger charge is 2.39. The summed E-state index contributed by atoms with van der Waals surface area (Å²) in [5, 5.41) is 9.60. The number of rotatable bonds is 6. The molecular formula is C28H35N5O. The number of pyridine rings is 1. The third kappa shape index (κ3) is 3.78. The highest BCUT2D eigenvalue weighted by atomic mass is 16.5. The molecule has 0 amide bonds. The highest BCUT2D eigenvalue weighted by molar-refractivity contribution is 5.92. The van der Waals surface area contributed by atoms with Crippen LogP contribution in [0.2, 0.25) is 0 Å². The van der Waals surface area contributed by atoms with Gasteiger partial charge in [-0.05, 0) is 86.6 Å². The number of fused-ring (bicyclic) bond motifs is 2. The zero-order chi connectivity index (χ0) is 23.4. The average Bonchev–Trinajstić information content (AvgIpc) is 3.23. The molecule has 0 unspecified atom stereocenters. The number of nitrogens with zero attached hydrogens (tertiary/aromatic N) is 3. The van der Waals surface area contributed by atoms with Crippen molar-refractivity contribution in [2.45, 2.75) is 82.7 Å². The van der Waals surface area contributed by atoms with E-state index in [1.165, 1.54) is 60.6 Å². The van der Waals surface area contributed by atoms with E-state index in [1.807, 2.05) is 6.20 Å². The monoisotopic (exact) mass is 457 g/mol. The molecule has 4 aromatic rings. The Bertz CT molecular complexity index is 1340. The Labute approximate surface area is 201 Å². The van der Waals surface area contributed by atoms with Crippen LogP contribution in [0.5, 0.6) is 5.75 Å². The molecule has 178 valence electrons. The van der Waals surface area contributed by atoms with E-state index in [0.29, 0.717) is 23.4 Å². The SMILES string of the molecule is COc1cc(-c2[nH]c3ccc(C4CCC(NC5(C)CC5)CC4)cc3c2C(C)C)cn2ncnc12. The van der Waals surface area contributed by atoms with Crippen LogP contribution in [0.4, 0.5) is 0 Å². The molecule has 0 atom stereocenters. The van der Waals surface area contributed by atoms with Crippen LogP contribution >= 0.6 is 0 Å². The molecule has 2 N–H and O–H groups in total. The lowest BCUT2D eigenvalue weighted by Crippen LogP contribution is -2.40. The topological polar surface area (TPSA) is 67.2 Å². The Morgan fingerprint density at radius 2 is 1.94 bits per heavy atom. The van der Waals surface area contributed by atoms with Gasteiger partial charge in [0.1, 0.15) is 6.33 Å². The van der Waals surface area contributed by atoms with Crippen molar-refractivity contribution in [1.29, 1.82) is 0 Å². The van der Waals surface area contributed by atoms with Crippen LogP contribution in [0.3, 0.4) is 0 Å². The molecule has 6 heteroatoms. The summed E-state index contributed by atoms with van der Waals surface area (Å²) in [5.74, 6) is 1.77. The zero-order valence-corrected chi connectivity index (χ0v) is 20.7. The molecular weight excluding hydrogens is 422 g/mol. The smallest absolute Gasteiger partial charge is 0.197 e. The van der Waals surface area contributed by atoms with Crippen LogP contribution < -0.4 is 10.1 Å². The lowest BCUT2D eigenvalue weighted by molar-refractivity contribution is 0.313. The van der Waals surface area contributed by atoms with Crippen LogP contribution in [0.15, 0.2) is 36.8 Å². The molecule has 0 radical (unpaired) electrons. The summed E-state index contributed by atoms with van der Waals surface area (Å²) in [5.41, 5.74) is 7.41. The van der Waals surface area contributed by atoms with Crippen LogP contribution in [0.1, 0.15) is 82.3 Å². The van der Waals surface area contributed by atoms with Crippen molar-refractivity contribution in [1.82, 2.24) is 24.9 Å². The van der Waals surface area contributed by atoms with Gasteiger partial charge in [0, 0.05) is 34.2 Å². The Kier molecular flexibility index (Phi) is 5.17. The Hall–Kier alpha value is -2.86. The van der Waals surface area contributed by atoms with Crippen LogP contribution in [0, 0.1) is 0 Å². The van der Waals surface area contributed by atoms with Crippen molar-refractivity contribution in [3.05, 3.63) is 47.9 Å². The van der Waals surface area contributed by atoms with Crippen molar-refractivity contribution in [2.75, 3.05) is 7.11 Å². The molecule has 0 spiro atoms. The minimum Gasteiger partial charge on any atom is -0.493 e. The number of methoxy groups -OCH3 is 1. The molecule has 2 aliphatic rings. The van der Waals surface area contributed by atoms with E-state index in [-0.39, 0.29) is 0 Å². The summed E-state index contributed by atoms with van der Waals surface area (Å²) in [6.45, 7) is 6.93. The van der Waals surface area contributed by atoms with Gasteiger partial charge in [0.05, 0.1) is 12.8 Å². The van der Waals surface area contributed by atoms with Gasteiger partial charge < -0.3 is 15.0 Å². The molecule has 3 aromatic heterocycles. The maximum Gasteiger partial charge on any atom is 0.197 e. The number of H-pyrrole nitrogens is 1. The van der Waals surface area contributed by atoms with Crippen molar-refractivity contribution in [3.63, 3.8) is 0 Å². The number of aromatic nitrogens is 4. The summed E-state index contributed by atoms with van der Waals surface area (Å²) in [4.78, 5) is 8.04. The van der Waals surface area contributed by atoms with E-state index in [4.69, 9.17) is 4.74 Å². The molecule has 6 nitrogen and oxygen atoms in total. The van der Waals surface area contributed by atoms with Gasteiger partial charge in [-0.15, -0.1) is 0 Å². The predicted octanol–water partition coefficient (Wildman–Crippen LogP) is 6.18. The van der Waals surface area contributed by atoms with Gasteiger partial charge in [0.15, 0.2) is 11.4 Å². The first-order valence-electron chi connectivity index (χ1n) is 12.7. The molecule has 3 heterocycles. The molecule has 2 aliphatic carbocycles. The second-order valence-electron chi connectivity index (χ2n) is 11.0. The van der Waals surface area contributed by atoms with Crippen molar-refractivity contribution in [3.8, 4) is 17.0 Å². The van der Waals surface area contributed by atoms with Gasteiger partial charge in [-0.3, -0.25) is 0 Å². The number of nitrogens with one attached hydrogen (secondary N) is 2. The largest absolute Gasteiger partial charge is 0.493 e. The summed E-state index contributed by atoms with van der Waals surface area (Å²) in [6.07, 6.45) is 11.4. The summed E-state index contributed by atoms with van der Waals surface area (Å²) >= 11 is 0. The normalized spacial score (nSPS) is 22.0. The van der Waals surface area contributed by atoms with E-state index >= 15 is 0 Å². The third-order valence-electron chi connectivity index (χ3n) is 8.04. The lowest BCUT2D eigenvalue weighted by Gasteiger charge is -2.31. The maximum atomic E-state index is 5.62. The van der Waals surface area contributed by atoms with E-state index in [2.05, 4.69) is 65.4 Å². The lowest BCUT2D eigenvalue weighted by atomic mass is 9.81. The first-order chi connectivity index (χ1) is 16.4. The molecule has 2 saturated carbocycles. The van der Waals surface area contributed by atoms with Crippen molar-refractivity contribution >= 4 is 16.6 Å². The third-order valence-corrected chi connectivity index (χ3v) is 8.04. The van der Waals surface area contributed by atoms with Crippen LogP contribution in [-0.2, 0) is 0 Å². The highest BCUT2D eigenvalue weighted by Crippen LogP contribution is 2.41. The molecule has 0 bridgehead atoms. The fourth-order valence-electron chi connectivity index (χ4n) is 5.89. The fourth-order valence-corrected chi connectivity index (χ4v) is 5.89. The molecule has 1 aromatic carbocycles. The Morgan fingerprint density at radius 1 is 1.15 bits per heavy atom. The molecule has 6 rings (SSSR count). The van der Waals surface area contributed by atoms with Crippen LogP contribution in [-0.4, -0.2) is 38.3 Å². The standard InChI is InChI=1S/C28H35N5O/c1-17(2)25-22-13-19(18-5-8-21(9-6-18)32-28(3)11-12-28)7-10-23(22)31-26(25)20-14-24(34-4)27-29-16-30-33(27)15-20/h7,10,13-18,21,31-32H,5-6,8-9,11-12H2,1-4H3. The minimum absolute atomic E-state index is 0.385. The summed E-state index contributed by atoms with van der Waals surface area (Å²) in [6, 6.07) is 9.83. The molecule has 0 saturated heterocycles. The van der Waals surface area contributed by atoms with Gasteiger partial charge in [-0.1, -0.05) is 19.9 Å². The number of hydrogen-bond acceptors (Lipinski definition) is 4. The summed E-state index contributed by atoms with van der Waals surface area (Å²) < 4.78 is 7.42. The van der Waals surface area contributed by atoms with Gasteiger partial charge in [0.25, 0.3) is 0 Å². The van der Waals surface area contributed by atoms with E-state index in [9.17, 15) is 0 Å². The van der Waals surface area contributed by atoms with Crippen LogP contribution in [0.25, 0.3) is 27.8 Å². The number of hydrogen-bond donors (Lipinski definition) is 2. The van der Waals surface area contributed by atoms with E-state index in [0.717, 1.165) is 22.7 Å². The van der Waals surface area contributed by atoms with Crippen molar-refractivity contribution in [2.24, 2.45) is 0 Å². The average molecular weight is 458 g/mol. The second-order valence-corrected chi connectivity index (χ2v) is 11.0. The van der Waals surface area contributed by atoms with Gasteiger partial charge in [-0.2, -0.15) is 5.10 Å². The van der Waals surface area contributed by atoms with E-state index < -0.39 is 0 Å². The molecule has 34 heavy (non-hydrogen) atoms. The first kappa shape index (κ1) is 21.7. The Morgan fingerprint density at radius 3 is 2.65 bits per heavy atom. The summed E-state index contributed by atoms with van der Waals surface area (Å²) in [7, 11) is 1.68. The quantitative estimate of drug-likeness (QED) is 0.363. The first-order valence-corrected chi connectivity index (χ1v) is 12.7. The second kappa shape index (κ2) is 8.12.